The Balaban J connectivity index is 1.86. The lowest BCUT2D eigenvalue weighted by Gasteiger charge is -2.12. The summed E-state index contributed by atoms with van der Waals surface area (Å²) in [5.74, 6) is -0.569. The third-order valence-electron chi connectivity index (χ3n) is 3.58. The third kappa shape index (κ3) is 3.57. The quantitative estimate of drug-likeness (QED) is 0.650. The number of rotatable bonds is 6. The highest BCUT2D eigenvalue weighted by atomic mass is 35.5. The number of hydrogen-bond acceptors (Lipinski definition) is 7. The van der Waals surface area contributed by atoms with Gasteiger partial charge in [0.2, 0.25) is 0 Å². The monoisotopic (exact) mass is 374 g/mol. The van der Waals surface area contributed by atoms with Crippen molar-refractivity contribution in [3.63, 3.8) is 0 Å². The number of halogens is 1. The molecule has 0 aliphatic heterocycles. The highest BCUT2D eigenvalue weighted by molar-refractivity contribution is 6.32. The Kier molecular flexibility index (Phi) is 5.28. The number of carbonyl (C=O) groups excluding carboxylic acids is 1. The van der Waals surface area contributed by atoms with Gasteiger partial charge in [0.05, 0.1) is 43.0 Å². The summed E-state index contributed by atoms with van der Waals surface area (Å²) in [6.07, 6.45) is 4.73. The number of nitrogens with one attached hydrogen (secondary N) is 1. The molecule has 2 heterocycles. The molecule has 9 nitrogen and oxygen atoms in total. The second kappa shape index (κ2) is 7.79. The molecular weight excluding hydrogens is 360 g/mol. The molecule has 1 N–H and O–H groups in total. The molecule has 3 rings (SSSR count). The molecule has 3 aromatic rings. The molecule has 0 spiro atoms. The Bertz CT molecular complexity index is 970. The van der Waals surface area contributed by atoms with Gasteiger partial charge in [-0.25, -0.2) is 4.79 Å². The molecule has 0 amide bonds. The van der Waals surface area contributed by atoms with E-state index in [2.05, 4.69) is 20.7 Å². The zero-order valence-corrected chi connectivity index (χ0v) is 14.6. The number of nitrogens with zero attached hydrogens (tertiary/aromatic N) is 5. The first kappa shape index (κ1) is 17.6. The van der Waals surface area contributed by atoms with Crippen LogP contribution in [0.1, 0.15) is 10.4 Å². The molecule has 0 aliphatic rings. The van der Waals surface area contributed by atoms with Crippen LogP contribution in [-0.4, -0.2) is 44.4 Å². The van der Waals surface area contributed by atoms with Gasteiger partial charge in [-0.1, -0.05) is 28.9 Å². The fraction of sp³-hybridized carbons (Fsp3) is 0.188. The minimum absolute atomic E-state index is 0.0294. The molecule has 0 bridgehead atoms. The standard InChI is InChI=1S/C16H15ClN6O3/c1-26-16(25)11-4-2-3-5-13(11)23-15(24)14(17)12(10-20-23)18-6-8-22-9-7-19-21-22/h2-5,7,9-10,18H,6,8H2,1H3. The van der Waals surface area contributed by atoms with Crippen LogP contribution in [0.5, 0.6) is 0 Å². The van der Waals surface area contributed by atoms with E-state index in [1.165, 1.54) is 13.3 Å². The van der Waals surface area contributed by atoms with Crippen LogP contribution in [0.25, 0.3) is 5.69 Å². The lowest BCUT2D eigenvalue weighted by Crippen LogP contribution is -2.25. The van der Waals surface area contributed by atoms with Crippen molar-refractivity contribution >= 4 is 23.3 Å². The molecule has 0 fully saturated rings. The first-order chi connectivity index (χ1) is 12.6. The zero-order valence-electron chi connectivity index (χ0n) is 13.8. The number of anilines is 1. The highest BCUT2D eigenvalue weighted by Crippen LogP contribution is 2.18. The van der Waals surface area contributed by atoms with Gasteiger partial charge in [-0.05, 0) is 12.1 Å². The molecule has 0 saturated carbocycles. The van der Waals surface area contributed by atoms with Crippen LogP contribution in [0, 0.1) is 0 Å². The molecule has 0 atom stereocenters. The van der Waals surface area contributed by atoms with Crippen LogP contribution >= 0.6 is 11.6 Å². The smallest absolute Gasteiger partial charge is 0.340 e. The fourth-order valence-electron chi connectivity index (χ4n) is 2.33. The van der Waals surface area contributed by atoms with Crippen molar-refractivity contribution in [2.24, 2.45) is 0 Å². The largest absolute Gasteiger partial charge is 0.465 e. The number of benzene rings is 1. The number of ether oxygens (including phenoxy) is 1. The maximum Gasteiger partial charge on any atom is 0.340 e. The zero-order chi connectivity index (χ0) is 18.5. The van der Waals surface area contributed by atoms with Crippen LogP contribution < -0.4 is 10.9 Å². The van der Waals surface area contributed by atoms with E-state index < -0.39 is 11.5 Å². The second-order valence-electron chi connectivity index (χ2n) is 5.19. The number of hydrogen-bond donors (Lipinski definition) is 1. The summed E-state index contributed by atoms with van der Waals surface area (Å²) in [7, 11) is 1.27. The summed E-state index contributed by atoms with van der Waals surface area (Å²) >= 11 is 6.19. The van der Waals surface area contributed by atoms with Crippen LogP contribution in [0.4, 0.5) is 5.69 Å². The Morgan fingerprint density at radius 1 is 1.35 bits per heavy atom. The van der Waals surface area contributed by atoms with Gasteiger partial charge in [0.25, 0.3) is 5.56 Å². The Morgan fingerprint density at radius 2 is 2.15 bits per heavy atom. The summed E-state index contributed by atoms with van der Waals surface area (Å²) in [5.41, 5.74) is 0.352. The van der Waals surface area contributed by atoms with Crippen molar-refractivity contribution in [2.75, 3.05) is 19.0 Å². The SMILES string of the molecule is COC(=O)c1ccccc1-n1ncc(NCCn2ccnn2)c(Cl)c1=O. The maximum absolute atomic E-state index is 12.6. The van der Waals surface area contributed by atoms with Crippen LogP contribution in [0.3, 0.4) is 0 Å². The second-order valence-corrected chi connectivity index (χ2v) is 5.57. The van der Waals surface area contributed by atoms with E-state index in [1.807, 2.05) is 0 Å². The minimum atomic E-state index is -0.569. The van der Waals surface area contributed by atoms with Gasteiger partial charge >= 0.3 is 5.97 Å². The van der Waals surface area contributed by atoms with E-state index in [0.29, 0.717) is 24.5 Å². The first-order valence-electron chi connectivity index (χ1n) is 7.65. The summed E-state index contributed by atoms with van der Waals surface area (Å²) in [6.45, 7) is 1.03. The fourth-order valence-corrected chi connectivity index (χ4v) is 2.52. The Morgan fingerprint density at radius 3 is 2.88 bits per heavy atom. The van der Waals surface area contributed by atoms with Crippen molar-refractivity contribution in [2.45, 2.75) is 6.54 Å². The number of esters is 1. The predicted octanol–water partition coefficient (Wildman–Crippen LogP) is 1.38. The van der Waals surface area contributed by atoms with Gasteiger partial charge in [0.1, 0.15) is 5.02 Å². The molecule has 2 aromatic heterocycles. The molecule has 26 heavy (non-hydrogen) atoms. The normalized spacial score (nSPS) is 10.5. The molecular formula is C16H15ClN6O3. The number of aromatic nitrogens is 5. The van der Waals surface area contributed by atoms with E-state index in [-0.39, 0.29) is 10.6 Å². The van der Waals surface area contributed by atoms with Gasteiger partial charge in [-0.15, -0.1) is 5.10 Å². The van der Waals surface area contributed by atoms with Crippen molar-refractivity contribution in [3.05, 3.63) is 63.8 Å². The summed E-state index contributed by atoms with van der Waals surface area (Å²) in [4.78, 5) is 24.5. The average molecular weight is 375 g/mol. The Hall–Kier alpha value is -3.20. The molecule has 0 unspecified atom stereocenters. The third-order valence-corrected chi connectivity index (χ3v) is 3.95. The summed E-state index contributed by atoms with van der Waals surface area (Å²) < 4.78 is 7.45. The van der Waals surface area contributed by atoms with Crippen molar-refractivity contribution < 1.29 is 9.53 Å². The maximum atomic E-state index is 12.6. The van der Waals surface area contributed by atoms with Gasteiger partial charge in [0, 0.05) is 12.7 Å². The van der Waals surface area contributed by atoms with Crippen molar-refractivity contribution in [1.82, 2.24) is 24.8 Å². The van der Waals surface area contributed by atoms with Gasteiger partial charge in [0.15, 0.2) is 0 Å². The molecule has 134 valence electrons. The summed E-state index contributed by atoms with van der Waals surface area (Å²) in [6, 6.07) is 6.50. The van der Waals surface area contributed by atoms with E-state index in [4.69, 9.17) is 16.3 Å². The Labute approximate surface area is 153 Å². The molecule has 1 aromatic carbocycles. The predicted molar refractivity (Wildman–Crippen MR) is 94.7 cm³/mol. The van der Waals surface area contributed by atoms with E-state index in [0.717, 1.165) is 4.68 Å². The van der Waals surface area contributed by atoms with Crippen molar-refractivity contribution in [1.29, 1.82) is 0 Å². The van der Waals surface area contributed by atoms with Crippen LogP contribution in [0.15, 0.2) is 47.7 Å². The topological polar surface area (TPSA) is 104 Å². The molecule has 0 radical (unpaired) electrons. The van der Waals surface area contributed by atoms with Crippen LogP contribution in [0.2, 0.25) is 5.02 Å². The number of methoxy groups -OCH3 is 1. The average Bonchev–Trinajstić information content (AvgIpc) is 3.18. The van der Waals surface area contributed by atoms with Crippen LogP contribution in [-0.2, 0) is 11.3 Å². The van der Waals surface area contributed by atoms with Gasteiger partial charge < -0.3 is 10.1 Å². The van der Waals surface area contributed by atoms with Gasteiger partial charge in [-0.2, -0.15) is 9.78 Å². The lowest BCUT2D eigenvalue weighted by atomic mass is 10.2. The lowest BCUT2D eigenvalue weighted by molar-refractivity contribution is 0.0600. The van der Waals surface area contributed by atoms with E-state index in [9.17, 15) is 9.59 Å². The summed E-state index contributed by atoms with van der Waals surface area (Å²) in [5, 5.41) is 14.7. The number of carbonyl (C=O) groups is 1. The van der Waals surface area contributed by atoms with Gasteiger partial charge in [-0.3, -0.25) is 9.48 Å². The van der Waals surface area contributed by atoms with E-state index >= 15 is 0 Å². The first-order valence-corrected chi connectivity index (χ1v) is 8.03. The minimum Gasteiger partial charge on any atom is -0.465 e. The van der Waals surface area contributed by atoms with E-state index in [1.54, 1.807) is 41.3 Å². The number of para-hydroxylation sites is 1. The highest BCUT2D eigenvalue weighted by Gasteiger charge is 2.17. The molecule has 0 saturated heterocycles. The molecule has 10 heteroatoms. The molecule has 0 aliphatic carbocycles. The van der Waals surface area contributed by atoms with Crippen molar-refractivity contribution in [3.8, 4) is 5.69 Å².